The quantitative estimate of drug-likeness (QED) is 0.591. The SMILES string of the molecule is CCCC(NC(=O)C(C)OC(=O)c1cc(C)nc2ccccc12)c1ccccc1. The number of hydrogen-bond donors (Lipinski definition) is 1. The Hall–Kier alpha value is -3.21. The van der Waals surface area contributed by atoms with Crippen molar-refractivity contribution in [2.75, 3.05) is 0 Å². The van der Waals surface area contributed by atoms with Crippen LogP contribution < -0.4 is 5.32 Å². The van der Waals surface area contributed by atoms with Crippen LogP contribution in [0.15, 0.2) is 60.7 Å². The van der Waals surface area contributed by atoms with Gasteiger partial charge in [-0.2, -0.15) is 0 Å². The Morgan fingerprint density at radius 1 is 1.07 bits per heavy atom. The van der Waals surface area contributed by atoms with Gasteiger partial charge in [0.2, 0.25) is 0 Å². The molecule has 150 valence electrons. The molecule has 2 unspecified atom stereocenters. The Balaban J connectivity index is 1.73. The minimum Gasteiger partial charge on any atom is -0.449 e. The number of aromatic nitrogens is 1. The number of carbonyl (C=O) groups excluding carboxylic acids is 2. The van der Waals surface area contributed by atoms with Crippen molar-refractivity contribution in [1.29, 1.82) is 0 Å². The lowest BCUT2D eigenvalue weighted by Gasteiger charge is -2.21. The predicted molar refractivity (Wildman–Crippen MR) is 114 cm³/mol. The lowest BCUT2D eigenvalue weighted by molar-refractivity contribution is -0.129. The van der Waals surface area contributed by atoms with Crippen molar-refractivity contribution in [2.24, 2.45) is 0 Å². The first-order valence-corrected chi connectivity index (χ1v) is 9.92. The third kappa shape index (κ3) is 4.99. The zero-order valence-corrected chi connectivity index (χ0v) is 17.0. The molecule has 0 fully saturated rings. The van der Waals surface area contributed by atoms with Gasteiger partial charge in [0.25, 0.3) is 5.91 Å². The number of para-hydroxylation sites is 1. The molecular weight excluding hydrogens is 364 g/mol. The topological polar surface area (TPSA) is 68.3 Å². The zero-order chi connectivity index (χ0) is 20.8. The van der Waals surface area contributed by atoms with Crippen LogP contribution in [0.2, 0.25) is 0 Å². The number of aryl methyl sites for hydroxylation is 1. The van der Waals surface area contributed by atoms with Crippen LogP contribution in [0.4, 0.5) is 0 Å². The molecule has 0 aliphatic rings. The highest BCUT2D eigenvalue weighted by Crippen LogP contribution is 2.21. The summed E-state index contributed by atoms with van der Waals surface area (Å²) in [6.45, 7) is 5.49. The summed E-state index contributed by atoms with van der Waals surface area (Å²) in [6, 6.07) is 18.8. The van der Waals surface area contributed by atoms with Gasteiger partial charge >= 0.3 is 5.97 Å². The fourth-order valence-corrected chi connectivity index (χ4v) is 3.34. The molecule has 5 heteroatoms. The van der Waals surface area contributed by atoms with Crippen molar-refractivity contribution in [1.82, 2.24) is 10.3 Å². The van der Waals surface area contributed by atoms with Crippen LogP contribution in [-0.4, -0.2) is 23.0 Å². The summed E-state index contributed by atoms with van der Waals surface area (Å²) in [7, 11) is 0. The second kappa shape index (κ2) is 9.32. The van der Waals surface area contributed by atoms with E-state index in [1.807, 2.05) is 61.5 Å². The van der Waals surface area contributed by atoms with Crippen molar-refractivity contribution in [3.8, 4) is 0 Å². The van der Waals surface area contributed by atoms with Gasteiger partial charge in [-0.15, -0.1) is 0 Å². The summed E-state index contributed by atoms with van der Waals surface area (Å²) in [5, 5.41) is 3.72. The second-order valence-electron chi connectivity index (χ2n) is 7.14. The number of amides is 1. The molecule has 0 aliphatic heterocycles. The summed E-state index contributed by atoms with van der Waals surface area (Å²) >= 11 is 0. The standard InChI is InChI=1S/C24H26N2O3/c1-4-10-21(18-11-6-5-7-12-18)26-23(27)17(3)29-24(28)20-15-16(2)25-22-14-9-8-13-19(20)22/h5-9,11-15,17,21H,4,10H2,1-3H3,(H,26,27). The highest BCUT2D eigenvalue weighted by molar-refractivity contribution is 6.04. The summed E-state index contributed by atoms with van der Waals surface area (Å²) in [6.07, 6.45) is 0.832. The number of benzene rings is 2. The van der Waals surface area contributed by atoms with Crippen LogP contribution >= 0.6 is 0 Å². The van der Waals surface area contributed by atoms with Crippen molar-refractivity contribution in [3.63, 3.8) is 0 Å². The Morgan fingerprint density at radius 3 is 2.48 bits per heavy atom. The van der Waals surface area contributed by atoms with E-state index in [2.05, 4.69) is 17.2 Å². The maximum absolute atomic E-state index is 12.8. The molecule has 0 bridgehead atoms. The number of fused-ring (bicyclic) bond motifs is 1. The third-order valence-corrected chi connectivity index (χ3v) is 4.81. The molecule has 0 spiro atoms. The summed E-state index contributed by atoms with van der Waals surface area (Å²) in [5.74, 6) is -0.836. The Kier molecular flexibility index (Phi) is 6.60. The molecule has 1 amide bonds. The number of rotatable bonds is 7. The number of hydrogen-bond acceptors (Lipinski definition) is 4. The molecule has 0 saturated heterocycles. The van der Waals surface area contributed by atoms with Gasteiger partial charge in [-0.25, -0.2) is 4.79 Å². The highest BCUT2D eigenvalue weighted by atomic mass is 16.5. The molecule has 0 radical (unpaired) electrons. The van der Waals surface area contributed by atoms with Gasteiger partial charge < -0.3 is 10.1 Å². The van der Waals surface area contributed by atoms with Gasteiger partial charge in [-0.3, -0.25) is 9.78 Å². The molecule has 29 heavy (non-hydrogen) atoms. The minimum absolute atomic E-state index is 0.112. The van der Waals surface area contributed by atoms with E-state index in [-0.39, 0.29) is 11.9 Å². The monoisotopic (exact) mass is 390 g/mol. The van der Waals surface area contributed by atoms with Crippen LogP contribution in [0.1, 0.15) is 54.3 Å². The van der Waals surface area contributed by atoms with E-state index < -0.39 is 12.1 Å². The molecule has 3 rings (SSSR count). The molecule has 5 nitrogen and oxygen atoms in total. The van der Waals surface area contributed by atoms with Crippen LogP contribution in [-0.2, 0) is 9.53 Å². The van der Waals surface area contributed by atoms with Gasteiger partial charge in [0.15, 0.2) is 6.10 Å². The summed E-state index contributed by atoms with van der Waals surface area (Å²) in [5.41, 5.74) is 2.90. The first kappa shape index (κ1) is 20.5. The normalized spacial score (nSPS) is 12.9. The largest absolute Gasteiger partial charge is 0.449 e. The first-order valence-electron chi connectivity index (χ1n) is 9.92. The average Bonchev–Trinajstić information content (AvgIpc) is 2.73. The van der Waals surface area contributed by atoms with Crippen LogP contribution in [0.3, 0.4) is 0 Å². The fraction of sp³-hybridized carbons (Fsp3) is 0.292. The van der Waals surface area contributed by atoms with Gasteiger partial charge in [0.05, 0.1) is 17.1 Å². The van der Waals surface area contributed by atoms with Gasteiger partial charge in [-0.1, -0.05) is 61.9 Å². The number of pyridine rings is 1. The Morgan fingerprint density at radius 2 is 1.76 bits per heavy atom. The third-order valence-electron chi connectivity index (χ3n) is 4.81. The van der Waals surface area contributed by atoms with E-state index in [1.165, 1.54) is 0 Å². The van der Waals surface area contributed by atoms with Crippen molar-refractivity contribution < 1.29 is 14.3 Å². The highest BCUT2D eigenvalue weighted by Gasteiger charge is 2.23. The second-order valence-corrected chi connectivity index (χ2v) is 7.14. The number of ether oxygens (including phenoxy) is 1. The number of nitrogens with one attached hydrogen (secondary N) is 1. The molecule has 2 atom stereocenters. The molecule has 0 aliphatic carbocycles. The van der Waals surface area contributed by atoms with Crippen LogP contribution in [0.25, 0.3) is 10.9 Å². The lowest BCUT2D eigenvalue weighted by Crippen LogP contribution is -2.38. The molecule has 1 heterocycles. The maximum Gasteiger partial charge on any atom is 0.339 e. The number of nitrogens with zero attached hydrogens (tertiary/aromatic N) is 1. The number of esters is 1. The first-order chi connectivity index (χ1) is 14.0. The minimum atomic E-state index is -0.905. The average molecular weight is 390 g/mol. The number of carbonyl (C=O) groups is 2. The molecule has 0 saturated carbocycles. The fourth-order valence-electron chi connectivity index (χ4n) is 3.34. The van der Waals surface area contributed by atoms with E-state index in [0.717, 1.165) is 29.6 Å². The van der Waals surface area contributed by atoms with E-state index >= 15 is 0 Å². The van der Waals surface area contributed by atoms with E-state index in [0.29, 0.717) is 10.9 Å². The molecule has 2 aromatic carbocycles. The van der Waals surface area contributed by atoms with Crippen LogP contribution in [0, 0.1) is 6.92 Å². The van der Waals surface area contributed by atoms with E-state index in [9.17, 15) is 9.59 Å². The smallest absolute Gasteiger partial charge is 0.339 e. The van der Waals surface area contributed by atoms with Crippen molar-refractivity contribution in [2.45, 2.75) is 45.8 Å². The van der Waals surface area contributed by atoms with Crippen molar-refractivity contribution >= 4 is 22.8 Å². The van der Waals surface area contributed by atoms with Gasteiger partial charge in [-0.05, 0) is 38.0 Å². The molecular formula is C24H26N2O3. The lowest BCUT2D eigenvalue weighted by atomic mass is 10.0. The van der Waals surface area contributed by atoms with Crippen LogP contribution in [0.5, 0.6) is 0 Å². The Bertz CT molecular complexity index is 1000. The predicted octanol–water partition coefficient (Wildman–Crippen LogP) is 4.75. The summed E-state index contributed by atoms with van der Waals surface area (Å²) < 4.78 is 5.50. The Labute approximate surface area is 171 Å². The summed E-state index contributed by atoms with van der Waals surface area (Å²) in [4.78, 5) is 29.9. The van der Waals surface area contributed by atoms with E-state index in [1.54, 1.807) is 13.0 Å². The maximum atomic E-state index is 12.8. The molecule has 1 N–H and O–H groups in total. The zero-order valence-electron chi connectivity index (χ0n) is 17.0. The molecule has 3 aromatic rings. The van der Waals surface area contributed by atoms with Crippen molar-refractivity contribution in [3.05, 3.63) is 77.5 Å². The molecule has 1 aromatic heterocycles. The van der Waals surface area contributed by atoms with Gasteiger partial charge in [0, 0.05) is 11.1 Å². The van der Waals surface area contributed by atoms with E-state index in [4.69, 9.17) is 4.74 Å². The van der Waals surface area contributed by atoms with Gasteiger partial charge in [0.1, 0.15) is 0 Å².